The van der Waals surface area contributed by atoms with Gasteiger partial charge in [0.15, 0.2) is 5.82 Å². The van der Waals surface area contributed by atoms with Gasteiger partial charge in [-0.25, -0.2) is 9.97 Å². The lowest BCUT2D eigenvalue weighted by Crippen LogP contribution is -2.39. The molecule has 6 nitrogen and oxygen atoms in total. The Kier molecular flexibility index (Phi) is 4.90. The van der Waals surface area contributed by atoms with Gasteiger partial charge in [0.25, 0.3) is 5.91 Å². The largest absolute Gasteiger partial charge is 0.381 e. The number of hydrogen-bond donors (Lipinski definition) is 1. The quantitative estimate of drug-likeness (QED) is 0.763. The fourth-order valence-electron chi connectivity index (χ4n) is 3.38. The Labute approximate surface area is 155 Å². The van der Waals surface area contributed by atoms with Crippen LogP contribution >= 0.6 is 11.3 Å². The Hall–Kier alpha value is -2.38. The molecule has 2 aromatic heterocycles. The molecular formula is C19H20N4O2S. The molecule has 0 atom stereocenters. The zero-order valence-electron chi connectivity index (χ0n) is 14.5. The second-order valence-electron chi connectivity index (χ2n) is 6.46. The summed E-state index contributed by atoms with van der Waals surface area (Å²) in [7, 11) is 1.75. The van der Waals surface area contributed by atoms with Crippen molar-refractivity contribution in [2.24, 2.45) is 0 Å². The van der Waals surface area contributed by atoms with Crippen LogP contribution in [0.2, 0.25) is 0 Å². The summed E-state index contributed by atoms with van der Waals surface area (Å²) in [6, 6.07) is 7.78. The van der Waals surface area contributed by atoms with Crippen LogP contribution in [0.15, 0.2) is 36.0 Å². The van der Waals surface area contributed by atoms with E-state index in [9.17, 15) is 4.79 Å². The molecule has 26 heavy (non-hydrogen) atoms. The van der Waals surface area contributed by atoms with Crippen molar-refractivity contribution in [1.29, 1.82) is 0 Å². The zero-order valence-corrected chi connectivity index (χ0v) is 15.3. The number of methoxy groups -OCH3 is 1. The molecule has 7 heteroatoms. The van der Waals surface area contributed by atoms with Crippen LogP contribution in [0.5, 0.6) is 0 Å². The van der Waals surface area contributed by atoms with Crippen LogP contribution in [-0.4, -0.2) is 40.1 Å². The first-order valence-electron chi connectivity index (χ1n) is 8.74. The molecule has 4 rings (SSSR count). The number of rotatable bonds is 4. The summed E-state index contributed by atoms with van der Waals surface area (Å²) in [4.78, 5) is 27.0. The van der Waals surface area contributed by atoms with Gasteiger partial charge >= 0.3 is 0 Å². The predicted molar refractivity (Wildman–Crippen MR) is 101 cm³/mol. The molecule has 1 amide bonds. The molecule has 0 saturated heterocycles. The fraction of sp³-hybridized carbons (Fsp3) is 0.368. The number of amides is 1. The second kappa shape index (κ2) is 7.47. The smallest absolute Gasteiger partial charge is 0.270 e. The standard InChI is InChI=1S/C19H20N4O2S/c1-25-13-8-6-12(7-9-13)21-19(24)17-14-4-2-3-5-15(14)22-18(23-17)16-10-20-11-26-16/h2-5,10-13H,6-9H2,1H3,(H,21,24). The van der Waals surface area contributed by atoms with Crippen molar-refractivity contribution >= 4 is 28.1 Å². The van der Waals surface area contributed by atoms with Crippen LogP contribution in [0.25, 0.3) is 21.6 Å². The fourth-order valence-corrected chi connectivity index (χ4v) is 3.94. The normalized spacial score (nSPS) is 20.2. The van der Waals surface area contributed by atoms with Crippen LogP contribution in [0, 0.1) is 0 Å². The van der Waals surface area contributed by atoms with E-state index in [4.69, 9.17) is 4.74 Å². The number of nitrogens with one attached hydrogen (secondary N) is 1. The van der Waals surface area contributed by atoms with E-state index in [1.165, 1.54) is 11.3 Å². The Morgan fingerprint density at radius 3 is 2.73 bits per heavy atom. The summed E-state index contributed by atoms with van der Waals surface area (Å²) >= 11 is 1.46. The molecule has 0 spiro atoms. The summed E-state index contributed by atoms with van der Waals surface area (Å²) in [5.74, 6) is 0.398. The Morgan fingerprint density at radius 2 is 2.00 bits per heavy atom. The van der Waals surface area contributed by atoms with Crippen molar-refractivity contribution in [3.8, 4) is 10.7 Å². The van der Waals surface area contributed by atoms with Crippen molar-refractivity contribution < 1.29 is 9.53 Å². The van der Waals surface area contributed by atoms with Crippen molar-refractivity contribution in [3.05, 3.63) is 41.7 Å². The maximum Gasteiger partial charge on any atom is 0.270 e. The molecule has 0 unspecified atom stereocenters. The number of para-hydroxylation sites is 1. The van der Waals surface area contributed by atoms with Crippen LogP contribution < -0.4 is 5.32 Å². The molecular weight excluding hydrogens is 348 g/mol. The first-order valence-corrected chi connectivity index (χ1v) is 9.62. The van der Waals surface area contributed by atoms with E-state index in [0.29, 0.717) is 17.6 Å². The molecule has 2 heterocycles. The highest BCUT2D eigenvalue weighted by molar-refractivity contribution is 7.13. The van der Waals surface area contributed by atoms with Crippen LogP contribution in [0.1, 0.15) is 36.2 Å². The van der Waals surface area contributed by atoms with Crippen molar-refractivity contribution in [3.63, 3.8) is 0 Å². The molecule has 0 aliphatic heterocycles. The molecule has 0 bridgehead atoms. The summed E-state index contributed by atoms with van der Waals surface area (Å²) in [5, 5.41) is 3.91. The minimum Gasteiger partial charge on any atom is -0.381 e. The highest BCUT2D eigenvalue weighted by atomic mass is 32.1. The number of nitrogens with zero attached hydrogens (tertiary/aromatic N) is 3. The van der Waals surface area contributed by atoms with E-state index >= 15 is 0 Å². The summed E-state index contributed by atoms with van der Waals surface area (Å²) in [6.07, 6.45) is 5.82. The first-order chi connectivity index (χ1) is 12.7. The van der Waals surface area contributed by atoms with Gasteiger partial charge in [-0.1, -0.05) is 18.2 Å². The number of benzene rings is 1. The third kappa shape index (κ3) is 3.45. The third-order valence-electron chi connectivity index (χ3n) is 4.81. The lowest BCUT2D eigenvalue weighted by molar-refractivity contribution is 0.0598. The average Bonchev–Trinajstić information content (AvgIpc) is 3.22. The molecule has 1 saturated carbocycles. The monoisotopic (exact) mass is 368 g/mol. The molecule has 3 aromatic rings. The van der Waals surface area contributed by atoms with Crippen molar-refractivity contribution in [1.82, 2.24) is 20.3 Å². The minimum absolute atomic E-state index is 0.143. The van der Waals surface area contributed by atoms with Crippen LogP contribution in [0.4, 0.5) is 0 Å². The number of aromatic nitrogens is 3. The molecule has 1 aromatic carbocycles. The lowest BCUT2D eigenvalue weighted by Gasteiger charge is -2.28. The second-order valence-corrected chi connectivity index (χ2v) is 7.35. The summed E-state index contributed by atoms with van der Waals surface area (Å²) < 4.78 is 5.41. The number of hydrogen-bond acceptors (Lipinski definition) is 6. The van der Waals surface area contributed by atoms with Crippen molar-refractivity contribution in [2.75, 3.05) is 7.11 Å². The first kappa shape index (κ1) is 17.1. The number of carbonyl (C=O) groups excluding carboxylic acids is 1. The Balaban J connectivity index is 1.63. The van der Waals surface area contributed by atoms with Gasteiger partial charge in [-0.15, -0.1) is 11.3 Å². The number of fused-ring (bicyclic) bond motifs is 1. The highest BCUT2D eigenvalue weighted by Crippen LogP contribution is 2.25. The van der Waals surface area contributed by atoms with Gasteiger partial charge in [-0.2, -0.15) is 0 Å². The molecule has 1 fully saturated rings. The van der Waals surface area contributed by atoms with Gasteiger partial charge in [-0.05, 0) is 31.7 Å². The van der Waals surface area contributed by atoms with E-state index < -0.39 is 0 Å². The van der Waals surface area contributed by atoms with E-state index in [1.807, 2.05) is 24.3 Å². The third-order valence-corrected chi connectivity index (χ3v) is 5.58. The van der Waals surface area contributed by atoms with E-state index in [-0.39, 0.29) is 11.9 Å². The lowest BCUT2D eigenvalue weighted by atomic mass is 9.93. The maximum atomic E-state index is 13.0. The summed E-state index contributed by atoms with van der Waals surface area (Å²) in [6.45, 7) is 0. The van der Waals surface area contributed by atoms with Crippen molar-refractivity contribution in [2.45, 2.75) is 37.8 Å². The van der Waals surface area contributed by atoms with E-state index in [2.05, 4.69) is 20.3 Å². The van der Waals surface area contributed by atoms with E-state index in [0.717, 1.165) is 41.5 Å². The molecule has 1 N–H and O–H groups in total. The summed E-state index contributed by atoms with van der Waals surface area (Å²) in [5.41, 5.74) is 2.93. The van der Waals surface area contributed by atoms with Crippen LogP contribution in [0.3, 0.4) is 0 Å². The Morgan fingerprint density at radius 1 is 1.19 bits per heavy atom. The van der Waals surface area contributed by atoms with Crippen LogP contribution in [-0.2, 0) is 4.74 Å². The maximum absolute atomic E-state index is 13.0. The molecule has 1 aliphatic rings. The van der Waals surface area contributed by atoms with Gasteiger partial charge in [-0.3, -0.25) is 9.78 Å². The minimum atomic E-state index is -0.143. The average molecular weight is 368 g/mol. The molecule has 134 valence electrons. The Bertz CT molecular complexity index is 905. The van der Waals surface area contributed by atoms with Gasteiger partial charge < -0.3 is 10.1 Å². The van der Waals surface area contributed by atoms with Gasteiger partial charge in [0.2, 0.25) is 0 Å². The topological polar surface area (TPSA) is 77.0 Å². The number of carbonyl (C=O) groups is 1. The predicted octanol–water partition coefficient (Wildman–Crippen LogP) is 3.44. The zero-order chi connectivity index (χ0) is 17.9. The van der Waals surface area contributed by atoms with Gasteiger partial charge in [0.1, 0.15) is 5.69 Å². The van der Waals surface area contributed by atoms with E-state index in [1.54, 1.807) is 18.8 Å². The SMILES string of the molecule is COC1CCC(NC(=O)c2nc(-c3cncs3)nc3ccccc23)CC1. The molecule has 0 radical (unpaired) electrons. The van der Waals surface area contributed by atoms with Gasteiger partial charge in [0.05, 0.1) is 22.0 Å². The highest BCUT2D eigenvalue weighted by Gasteiger charge is 2.24. The number of ether oxygens (including phenoxy) is 1. The number of thiazole rings is 1. The van der Waals surface area contributed by atoms with Gasteiger partial charge in [0, 0.05) is 24.7 Å². The molecule has 1 aliphatic carbocycles.